The Morgan fingerprint density at radius 1 is 0.966 bits per heavy atom. The van der Waals surface area contributed by atoms with Crippen LogP contribution < -0.4 is 20.1 Å². The zero-order valence-corrected chi connectivity index (χ0v) is 16.2. The van der Waals surface area contributed by atoms with Crippen LogP contribution in [0.1, 0.15) is 5.56 Å². The summed E-state index contributed by atoms with van der Waals surface area (Å²) in [6, 6.07) is 12.9. The molecule has 0 radical (unpaired) electrons. The van der Waals surface area contributed by atoms with Crippen LogP contribution in [-0.2, 0) is 16.1 Å². The molecule has 0 bridgehead atoms. The van der Waals surface area contributed by atoms with Crippen molar-refractivity contribution in [3.63, 3.8) is 0 Å². The van der Waals surface area contributed by atoms with Gasteiger partial charge in [0.15, 0.2) is 0 Å². The number of ether oxygens (including phenoxy) is 2. The van der Waals surface area contributed by atoms with E-state index in [4.69, 9.17) is 4.74 Å². The molecule has 156 valence electrons. The fraction of sp³-hybridized carbons (Fsp3) is 0.300. The lowest BCUT2D eigenvalue weighted by Crippen LogP contribution is -2.38. The van der Waals surface area contributed by atoms with Gasteiger partial charge < -0.3 is 20.1 Å². The molecule has 9 heteroatoms. The van der Waals surface area contributed by atoms with Crippen molar-refractivity contribution in [2.24, 2.45) is 0 Å². The Bertz CT molecular complexity index is 798. The number of amides is 2. The van der Waals surface area contributed by atoms with Gasteiger partial charge in [0.05, 0.1) is 20.2 Å². The van der Waals surface area contributed by atoms with Crippen LogP contribution in [0.5, 0.6) is 11.5 Å². The zero-order chi connectivity index (χ0) is 21.2. The highest BCUT2D eigenvalue weighted by Crippen LogP contribution is 2.15. The number of rotatable bonds is 10. The normalized spacial score (nSPS) is 10.7. The van der Waals surface area contributed by atoms with Crippen molar-refractivity contribution in [2.45, 2.75) is 13.2 Å². The number of hydrogen-bond donors (Lipinski definition) is 2. The van der Waals surface area contributed by atoms with E-state index in [1.165, 1.54) is 12.1 Å². The minimum absolute atomic E-state index is 0.0304. The van der Waals surface area contributed by atoms with E-state index in [0.717, 1.165) is 5.56 Å². The monoisotopic (exact) mass is 407 g/mol. The summed E-state index contributed by atoms with van der Waals surface area (Å²) in [5, 5.41) is 5.45. The van der Waals surface area contributed by atoms with Gasteiger partial charge in [-0.3, -0.25) is 14.5 Å². The van der Waals surface area contributed by atoms with Crippen molar-refractivity contribution in [3.8, 4) is 11.5 Å². The van der Waals surface area contributed by atoms with E-state index in [1.807, 2.05) is 0 Å². The lowest BCUT2D eigenvalue weighted by Gasteiger charge is -2.16. The van der Waals surface area contributed by atoms with Crippen molar-refractivity contribution >= 4 is 17.5 Å². The number of nitrogens with one attached hydrogen (secondary N) is 2. The molecule has 0 spiro atoms. The van der Waals surface area contributed by atoms with E-state index in [-0.39, 0.29) is 37.2 Å². The first-order valence-electron chi connectivity index (χ1n) is 8.78. The van der Waals surface area contributed by atoms with Gasteiger partial charge in [0, 0.05) is 12.2 Å². The van der Waals surface area contributed by atoms with Crippen LogP contribution in [0.4, 0.5) is 14.5 Å². The summed E-state index contributed by atoms with van der Waals surface area (Å²) in [6.07, 6.45) is 0. The van der Waals surface area contributed by atoms with Gasteiger partial charge in [0.1, 0.15) is 11.5 Å². The molecule has 2 amide bonds. The van der Waals surface area contributed by atoms with Crippen molar-refractivity contribution in [1.82, 2.24) is 10.2 Å². The maximum Gasteiger partial charge on any atom is 0.387 e. The van der Waals surface area contributed by atoms with E-state index < -0.39 is 6.61 Å². The Morgan fingerprint density at radius 3 is 2.14 bits per heavy atom. The number of halogens is 2. The largest absolute Gasteiger partial charge is 0.497 e. The van der Waals surface area contributed by atoms with Crippen molar-refractivity contribution in [1.29, 1.82) is 0 Å². The number of alkyl halides is 2. The molecule has 2 rings (SSSR count). The maximum atomic E-state index is 12.1. The Hall–Kier alpha value is -3.20. The number of carbonyl (C=O) groups excluding carboxylic acids is 2. The molecule has 0 aliphatic carbocycles. The molecule has 0 unspecified atom stereocenters. The SMILES string of the molecule is COc1ccc(NC(=O)CN(C)CC(=O)NCc2ccc(OC(F)F)cc2)cc1. The molecule has 0 saturated heterocycles. The van der Waals surface area contributed by atoms with Crippen LogP contribution in [0.3, 0.4) is 0 Å². The van der Waals surface area contributed by atoms with E-state index in [0.29, 0.717) is 11.4 Å². The summed E-state index contributed by atoms with van der Waals surface area (Å²) < 4.78 is 33.6. The van der Waals surface area contributed by atoms with Gasteiger partial charge in [-0.2, -0.15) is 8.78 Å². The highest BCUT2D eigenvalue weighted by molar-refractivity contribution is 5.92. The number of benzene rings is 2. The number of nitrogens with zero attached hydrogens (tertiary/aromatic N) is 1. The smallest absolute Gasteiger partial charge is 0.387 e. The summed E-state index contributed by atoms with van der Waals surface area (Å²) >= 11 is 0. The van der Waals surface area contributed by atoms with E-state index in [2.05, 4.69) is 15.4 Å². The number of methoxy groups -OCH3 is 1. The first-order valence-corrected chi connectivity index (χ1v) is 8.78. The van der Waals surface area contributed by atoms with Gasteiger partial charge >= 0.3 is 6.61 Å². The Balaban J connectivity index is 1.71. The summed E-state index contributed by atoms with van der Waals surface area (Å²) in [6.45, 7) is -2.57. The van der Waals surface area contributed by atoms with Gasteiger partial charge in [-0.05, 0) is 49.0 Å². The summed E-state index contributed by atoms with van der Waals surface area (Å²) in [5.41, 5.74) is 1.37. The van der Waals surface area contributed by atoms with Crippen molar-refractivity contribution in [2.75, 3.05) is 32.6 Å². The zero-order valence-electron chi connectivity index (χ0n) is 16.2. The fourth-order valence-electron chi connectivity index (χ4n) is 2.47. The molecule has 0 saturated carbocycles. The molecule has 0 fully saturated rings. The summed E-state index contributed by atoms with van der Waals surface area (Å²) in [7, 11) is 3.22. The Labute approximate surface area is 167 Å². The van der Waals surface area contributed by atoms with Gasteiger partial charge in [-0.25, -0.2) is 0 Å². The predicted molar refractivity (Wildman–Crippen MR) is 104 cm³/mol. The highest BCUT2D eigenvalue weighted by Gasteiger charge is 2.11. The molecule has 2 aromatic rings. The highest BCUT2D eigenvalue weighted by atomic mass is 19.3. The third-order valence-corrected chi connectivity index (χ3v) is 3.84. The molecule has 0 atom stereocenters. The molecular formula is C20H23F2N3O4. The number of anilines is 1. The van der Waals surface area contributed by atoms with Gasteiger partial charge in [-0.1, -0.05) is 12.1 Å². The van der Waals surface area contributed by atoms with Crippen LogP contribution in [-0.4, -0.2) is 50.6 Å². The second-order valence-corrected chi connectivity index (χ2v) is 6.25. The average molecular weight is 407 g/mol. The van der Waals surface area contributed by atoms with Crippen LogP contribution in [0.25, 0.3) is 0 Å². The number of carbonyl (C=O) groups is 2. The predicted octanol–water partition coefficient (Wildman–Crippen LogP) is 2.48. The van der Waals surface area contributed by atoms with Crippen molar-refractivity contribution in [3.05, 3.63) is 54.1 Å². The first-order chi connectivity index (χ1) is 13.9. The van der Waals surface area contributed by atoms with E-state index in [9.17, 15) is 18.4 Å². The first kappa shape index (κ1) is 22.1. The molecule has 0 heterocycles. The molecular weight excluding hydrogens is 384 g/mol. The van der Waals surface area contributed by atoms with Crippen LogP contribution >= 0.6 is 0 Å². The van der Waals surface area contributed by atoms with Gasteiger partial charge in [-0.15, -0.1) is 0 Å². The molecule has 0 aromatic heterocycles. The average Bonchev–Trinajstić information content (AvgIpc) is 2.67. The Kier molecular flexibility index (Phi) is 8.35. The van der Waals surface area contributed by atoms with Crippen LogP contribution in [0.15, 0.2) is 48.5 Å². The van der Waals surface area contributed by atoms with Crippen LogP contribution in [0, 0.1) is 0 Å². The maximum absolute atomic E-state index is 12.1. The molecule has 0 aliphatic heterocycles. The standard InChI is InChI=1S/C20H23F2N3O4/c1-25(13-19(27)24-15-5-9-16(28-2)10-6-15)12-18(26)23-11-14-3-7-17(8-4-14)29-20(21)22/h3-10,20H,11-13H2,1-2H3,(H,23,26)(H,24,27). The summed E-state index contributed by atoms with van der Waals surface area (Å²) in [4.78, 5) is 25.7. The number of hydrogen-bond acceptors (Lipinski definition) is 5. The third-order valence-electron chi connectivity index (χ3n) is 3.84. The lowest BCUT2D eigenvalue weighted by atomic mass is 10.2. The third kappa shape index (κ3) is 8.14. The minimum atomic E-state index is -2.88. The summed E-state index contributed by atoms with van der Waals surface area (Å²) in [5.74, 6) is 0.225. The van der Waals surface area contributed by atoms with E-state index >= 15 is 0 Å². The Morgan fingerprint density at radius 2 is 1.55 bits per heavy atom. The second-order valence-electron chi connectivity index (χ2n) is 6.25. The van der Waals surface area contributed by atoms with Crippen LogP contribution in [0.2, 0.25) is 0 Å². The second kappa shape index (κ2) is 11.0. The number of likely N-dealkylation sites (N-methyl/N-ethyl adjacent to an activating group) is 1. The topological polar surface area (TPSA) is 79.9 Å². The molecule has 7 nitrogen and oxygen atoms in total. The molecule has 29 heavy (non-hydrogen) atoms. The molecule has 2 N–H and O–H groups in total. The molecule has 2 aromatic carbocycles. The quantitative estimate of drug-likeness (QED) is 0.633. The minimum Gasteiger partial charge on any atom is -0.497 e. The fourth-order valence-corrected chi connectivity index (χ4v) is 2.47. The van der Waals surface area contributed by atoms with Gasteiger partial charge in [0.25, 0.3) is 0 Å². The van der Waals surface area contributed by atoms with Crippen molar-refractivity contribution < 1.29 is 27.8 Å². The lowest BCUT2D eigenvalue weighted by molar-refractivity contribution is -0.123. The van der Waals surface area contributed by atoms with E-state index in [1.54, 1.807) is 55.5 Å². The van der Waals surface area contributed by atoms with Gasteiger partial charge in [0.2, 0.25) is 11.8 Å². The molecule has 0 aliphatic rings.